The van der Waals surface area contributed by atoms with Crippen LogP contribution in [0.2, 0.25) is 0 Å². The molecule has 1 N–H and O–H groups in total. The van der Waals surface area contributed by atoms with E-state index in [9.17, 15) is 4.79 Å². The zero-order chi connectivity index (χ0) is 18.8. The van der Waals surface area contributed by atoms with Gasteiger partial charge in [0.25, 0.3) is 5.91 Å². The molecule has 2 aromatic heterocycles. The number of likely N-dealkylation sites (N-methyl/N-ethyl adjacent to an activating group) is 1. The summed E-state index contributed by atoms with van der Waals surface area (Å²) < 4.78 is 10.9. The average molecular weight is 368 g/mol. The molecule has 1 saturated heterocycles. The van der Waals surface area contributed by atoms with Crippen molar-refractivity contribution in [2.75, 3.05) is 53.4 Å². The molecular formula is C20H24N4O3. The monoisotopic (exact) mass is 368 g/mol. The number of nitrogens with one attached hydrogen (secondary N) is 1. The first-order valence-electron chi connectivity index (χ1n) is 9.20. The predicted molar refractivity (Wildman–Crippen MR) is 104 cm³/mol. The molecule has 0 atom stereocenters. The number of piperazine rings is 1. The zero-order valence-electron chi connectivity index (χ0n) is 15.7. The quantitative estimate of drug-likeness (QED) is 0.742. The van der Waals surface area contributed by atoms with Gasteiger partial charge in [-0.25, -0.2) is 4.98 Å². The highest BCUT2D eigenvalue weighted by Crippen LogP contribution is 2.25. The highest BCUT2D eigenvalue weighted by Gasteiger charge is 2.16. The lowest BCUT2D eigenvalue weighted by Gasteiger charge is -2.32. The van der Waals surface area contributed by atoms with E-state index in [1.807, 2.05) is 24.3 Å². The highest BCUT2D eigenvalue weighted by atomic mass is 16.5. The molecule has 3 aromatic rings. The number of benzene rings is 1. The van der Waals surface area contributed by atoms with Gasteiger partial charge >= 0.3 is 0 Å². The maximum absolute atomic E-state index is 12.4. The number of nitrogens with zero attached hydrogens (tertiary/aromatic N) is 3. The van der Waals surface area contributed by atoms with Crippen molar-refractivity contribution in [3.63, 3.8) is 0 Å². The molecule has 1 aliphatic heterocycles. The number of hydrogen-bond acceptors (Lipinski definition) is 6. The van der Waals surface area contributed by atoms with E-state index in [1.54, 1.807) is 13.2 Å². The summed E-state index contributed by atoms with van der Waals surface area (Å²) in [5.74, 6) is 0.857. The van der Waals surface area contributed by atoms with Gasteiger partial charge in [0.2, 0.25) is 5.71 Å². The van der Waals surface area contributed by atoms with Gasteiger partial charge in [0.15, 0.2) is 5.76 Å². The smallest absolute Gasteiger partial charge is 0.287 e. The van der Waals surface area contributed by atoms with Crippen molar-refractivity contribution >= 4 is 27.9 Å². The summed E-state index contributed by atoms with van der Waals surface area (Å²) in [6.45, 7) is 5.67. The van der Waals surface area contributed by atoms with Crippen LogP contribution in [-0.4, -0.2) is 74.1 Å². The lowest BCUT2D eigenvalue weighted by molar-refractivity contribution is 0.0915. The van der Waals surface area contributed by atoms with E-state index in [1.165, 1.54) is 0 Å². The number of methoxy groups -OCH3 is 1. The molecule has 1 aromatic carbocycles. The van der Waals surface area contributed by atoms with Gasteiger partial charge in [-0.3, -0.25) is 9.69 Å². The van der Waals surface area contributed by atoms with Crippen LogP contribution >= 0.6 is 0 Å². The number of amides is 1. The summed E-state index contributed by atoms with van der Waals surface area (Å²) in [5.41, 5.74) is 1.27. The van der Waals surface area contributed by atoms with Crippen molar-refractivity contribution in [1.29, 1.82) is 0 Å². The largest absolute Gasteiger partial charge is 0.497 e. The number of fused-ring (bicyclic) bond motifs is 2. The number of carbonyl (C=O) groups is 1. The van der Waals surface area contributed by atoms with Gasteiger partial charge in [0.1, 0.15) is 5.75 Å². The van der Waals surface area contributed by atoms with Gasteiger partial charge in [0, 0.05) is 50.0 Å². The van der Waals surface area contributed by atoms with E-state index >= 15 is 0 Å². The summed E-state index contributed by atoms with van der Waals surface area (Å²) in [6, 6.07) is 9.36. The molecule has 3 heterocycles. The molecular weight excluding hydrogens is 344 g/mol. The van der Waals surface area contributed by atoms with Crippen LogP contribution in [0.4, 0.5) is 0 Å². The first-order valence-corrected chi connectivity index (χ1v) is 9.20. The fourth-order valence-electron chi connectivity index (χ4n) is 3.34. The number of pyridine rings is 1. The van der Waals surface area contributed by atoms with E-state index < -0.39 is 0 Å². The minimum atomic E-state index is -0.205. The number of furan rings is 1. The Balaban J connectivity index is 1.43. The van der Waals surface area contributed by atoms with Gasteiger partial charge in [-0.1, -0.05) is 0 Å². The third kappa shape index (κ3) is 3.89. The molecule has 0 radical (unpaired) electrons. The van der Waals surface area contributed by atoms with Crippen LogP contribution in [0.3, 0.4) is 0 Å². The second-order valence-corrected chi connectivity index (χ2v) is 6.95. The average Bonchev–Trinajstić information content (AvgIpc) is 3.10. The van der Waals surface area contributed by atoms with Gasteiger partial charge < -0.3 is 19.4 Å². The molecule has 0 unspecified atom stereocenters. The topological polar surface area (TPSA) is 70.8 Å². The van der Waals surface area contributed by atoms with Crippen LogP contribution in [0.1, 0.15) is 10.6 Å². The zero-order valence-corrected chi connectivity index (χ0v) is 15.7. The first kappa shape index (κ1) is 17.8. The van der Waals surface area contributed by atoms with Crippen LogP contribution in [0, 0.1) is 0 Å². The minimum Gasteiger partial charge on any atom is -0.497 e. The third-order valence-corrected chi connectivity index (χ3v) is 5.04. The number of rotatable bonds is 5. The molecule has 0 bridgehead atoms. The van der Waals surface area contributed by atoms with Crippen molar-refractivity contribution in [3.05, 3.63) is 36.1 Å². The third-order valence-electron chi connectivity index (χ3n) is 5.04. The van der Waals surface area contributed by atoms with Crippen molar-refractivity contribution in [2.24, 2.45) is 0 Å². The number of carbonyl (C=O) groups excluding carboxylic acids is 1. The van der Waals surface area contributed by atoms with Crippen molar-refractivity contribution < 1.29 is 13.9 Å². The van der Waals surface area contributed by atoms with E-state index in [4.69, 9.17) is 9.15 Å². The van der Waals surface area contributed by atoms with Crippen molar-refractivity contribution in [2.45, 2.75) is 0 Å². The number of ether oxygens (including phenoxy) is 1. The molecule has 0 spiro atoms. The Morgan fingerprint density at radius 1 is 1.19 bits per heavy atom. The molecule has 7 nitrogen and oxygen atoms in total. The molecule has 1 aliphatic rings. The maximum Gasteiger partial charge on any atom is 0.287 e. The molecule has 0 aliphatic carbocycles. The lowest BCUT2D eigenvalue weighted by Crippen LogP contribution is -2.46. The highest BCUT2D eigenvalue weighted by molar-refractivity contribution is 5.98. The Morgan fingerprint density at radius 3 is 2.78 bits per heavy atom. The second-order valence-electron chi connectivity index (χ2n) is 6.95. The Kier molecular flexibility index (Phi) is 4.96. The Morgan fingerprint density at radius 2 is 2.00 bits per heavy atom. The molecule has 142 valence electrons. The molecule has 0 saturated carbocycles. The lowest BCUT2D eigenvalue weighted by atomic mass is 10.2. The normalized spacial score (nSPS) is 16.1. The van der Waals surface area contributed by atoms with Gasteiger partial charge in [-0.2, -0.15) is 0 Å². The molecule has 1 fully saturated rings. The summed E-state index contributed by atoms with van der Waals surface area (Å²) in [4.78, 5) is 21.6. The summed E-state index contributed by atoms with van der Waals surface area (Å²) >= 11 is 0. The minimum absolute atomic E-state index is 0.205. The Labute approximate surface area is 157 Å². The predicted octanol–water partition coefficient (Wildman–Crippen LogP) is 1.97. The summed E-state index contributed by atoms with van der Waals surface area (Å²) in [5, 5.41) is 4.70. The second kappa shape index (κ2) is 7.54. The van der Waals surface area contributed by atoms with Gasteiger partial charge in [0.05, 0.1) is 12.6 Å². The number of hydrogen-bond donors (Lipinski definition) is 1. The van der Waals surface area contributed by atoms with E-state index in [0.29, 0.717) is 12.3 Å². The van der Waals surface area contributed by atoms with Gasteiger partial charge in [-0.15, -0.1) is 0 Å². The first-order chi connectivity index (χ1) is 13.1. The van der Waals surface area contributed by atoms with E-state index in [0.717, 1.165) is 54.8 Å². The fraction of sp³-hybridized carbons (Fsp3) is 0.400. The fourth-order valence-corrected chi connectivity index (χ4v) is 3.34. The SMILES string of the molecule is COc1ccc2nc3oc(C(=O)NCCN4CCN(C)CC4)cc3cc2c1. The summed E-state index contributed by atoms with van der Waals surface area (Å²) in [6.07, 6.45) is 0. The molecule has 7 heteroatoms. The molecule has 1 amide bonds. The Bertz CT molecular complexity index is 960. The standard InChI is InChI=1S/C20H24N4O3/c1-23-7-9-24(10-8-23)6-5-21-19(25)18-13-15-11-14-12-16(26-2)3-4-17(14)22-20(15)27-18/h3-4,11-13H,5-10H2,1-2H3,(H,21,25). The van der Waals surface area contributed by atoms with Crippen LogP contribution in [0.5, 0.6) is 5.75 Å². The van der Waals surface area contributed by atoms with Crippen LogP contribution in [0.15, 0.2) is 34.7 Å². The van der Waals surface area contributed by atoms with Crippen molar-refractivity contribution in [1.82, 2.24) is 20.1 Å². The van der Waals surface area contributed by atoms with Crippen molar-refractivity contribution in [3.8, 4) is 5.75 Å². The van der Waals surface area contributed by atoms with Gasteiger partial charge in [-0.05, 0) is 37.4 Å². The van der Waals surface area contributed by atoms with Crippen LogP contribution in [0.25, 0.3) is 22.0 Å². The molecule has 4 rings (SSSR count). The Hall–Kier alpha value is -2.64. The summed E-state index contributed by atoms with van der Waals surface area (Å²) in [7, 11) is 3.77. The molecule has 27 heavy (non-hydrogen) atoms. The van der Waals surface area contributed by atoms with Crippen LogP contribution in [-0.2, 0) is 0 Å². The van der Waals surface area contributed by atoms with E-state index in [-0.39, 0.29) is 11.7 Å². The number of aromatic nitrogens is 1. The van der Waals surface area contributed by atoms with E-state index in [2.05, 4.69) is 27.1 Å². The maximum atomic E-state index is 12.4. The van der Waals surface area contributed by atoms with Crippen LogP contribution < -0.4 is 10.1 Å².